The van der Waals surface area contributed by atoms with Gasteiger partial charge in [0, 0.05) is 19.3 Å². The van der Waals surface area contributed by atoms with Gasteiger partial charge in [-0.15, -0.1) is 0 Å². The molecule has 0 bridgehead atoms. The van der Waals surface area contributed by atoms with E-state index < -0.39 is 12.1 Å². The van der Waals surface area contributed by atoms with Crippen molar-refractivity contribution in [3.05, 3.63) is 134 Å². The minimum Gasteiger partial charge on any atom is -0.462 e. The smallest absolute Gasteiger partial charge is 0.306 e. The summed E-state index contributed by atoms with van der Waals surface area (Å²) < 4.78 is 16.6. The second-order valence-electron chi connectivity index (χ2n) is 15.6. The molecule has 0 spiro atoms. The number of allylic oxidation sites excluding steroid dienone is 22. The van der Waals surface area contributed by atoms with E-state index in [1.165, 1.54) is 44.9 Å². The number of unbranched alkanes of at least 4 members (excludes halogenated alkanes) is 9. The highest BCUT2D eigenvalue weighted by Gasteiger charge is 2.19. The van der Waals surface area contributed by atoms with Crippen LogP contribution in [0.15, 0.2) is 134 Å². The summed E-state index contributed by atoms with van der Waals surface area (Å²) in [6.07, 6.45) is 70.3. The normalized spacial score (nSPS) is 13.3. The maximum absolute atomic E-state index is 12.7. The van der Waals surface area contributed by atoms with Crippen LogP contribution in [0, 0.1) is 0 Å². The first-order chi connectivity index (χ1) is 31.0. The molecule has 6 nitrogen and oxygen atoms in total. The molecule has 1 unspecified atom stereocenters. The zero-order valence-electron chi connectivity index (χ0n) is 40.0. The van der Waals surface area contributed by atoms with Crippen molar-refractivity contribution in [3.63, 3.8) is 0 Å². The third-order valence-corrected chi connectivity index (χ3v) is 9.63. The number of rotatable bonds is 42. The van der Waals surface area contributed by atoms with Gasteiger partial charge in [0.25, 0.3) is 0 Å². The molecule has 6 heteroatoms. The zero-order chi connectivity index (χ0) is 45.8. The van der Waals surface area contributed by atoms with E-state index in [1.54, 1.807) is 0 Å². The third kappa shape index (κ3) is 48.4. The van der Waals surface area contributed by atoms with Crippen LogP contribution in [-0.2, 0) is 28.6 Å². The topological polar surface area (TPSA) is 78.9 Å². The number of carbonyl (C=O) groups excluding carboxylic acids is 3. The van der Waals surface area contributed by atoms with Crippen LogP contribution in [0.3, 0.4) is 0 Å². The molecule has 63 heavy (non-hydrogen) atoms. The Labute approximate surface area is 385 Å². The predicted octanol–water partition coefficient (Wildman–Crippen LogP) is 16.3. The molecule has 0 saturated carbocycles. The third-order valence-electron chi connectivity index (χ3n) is 9.63. The fourth-order valence-corrected chi connectivity index (χ4v) is 5.99. The molecule has 0 aromatic carbocycles. The summed E-state index contributed by atoms with van der Waals surface area (Å²) in [7, 11) is 0. The Morgan fingerprint density at radius 3 is 1.10 bits per heavy atom. The van der Waals surface area contributed by atoms with Crippen LogP contribution in [0.4, 0.5) is 0 Å². The standard InChI is InChI=1S/C57H88O6/c1-4-7-10-13-16-19-22-25-27-29-31-32-35-38-41-44-47-50-56(59)62-53-54(52-61-55(58)49-46-43-40-37-34-24-21-18-15-12-9-6-3)63-57(60)51-48-45-42-39-36-33-30-28-26-23-20-17-14-11-8-5-2/h8-9,11-12,17-18,20-21,25-28,31-34,36-38,41-42,45,54H,4-7,10,13-16,19,22-24,29-30,35,39-40,43-44,46-53H2,1-3H3/b11-8-,12-9-,20-17-,21-18-,27-25-,28-26-,32-31-,36-33-,37-34-,41-38-,45-42-. The molecule has 0 aromatic rings. The quantitative estimate of drug-likeness (QED) is 0.0263. The van der Waals surface area contributed by atoms with Crippen molar-refractivity contribution in [2.24, 2.45) is 0 Å². The van der Waals surface area contributed by atoms with Gasteiger partial charge in [0.15, 0.2) is 6.10 Å². The van der Waals surface area contributed by atoms with E-state index in [0.29, 0.717) is 19.3 Å². The summed E-state index contributed by atoms with van der Waals surface area (Å²) in [6.45, 7) is 6.22. The lowest BCUT2D eigenvalue weighted by Gasteiger charge is -2.18. The summed E-state index contributed by atoms with van der Waals surface area (Å²) in [5, 5.41) is 0. The van der Waals surface area contributed by atoms with Crippen molar-refractivity contribution in [2.45, 2.75) is 194 Å². The van der Waals surface area contributed by atoms with E-state index in [0.717, 1.165) is 83.5 Å². The Hall–Kier alpha value is -4.45. The van der Waals surface area contributed by atoms with Gasteiger partial charge >= 0.3 is 17.9 Å². The van der Waals surface area contributed by atoms with Crippen molar-refractivity contribution >= 4 is 17.9 Å². The van der Waals surface area contributed by atoms with Gasteiger partial charge in [-0.2, -0.15) is 0 Å². The van der Waals surface area contributed by atoms with Crippen LogP contribution in [0.2, 0.25) is 0 Å². The Bertz CT molecular complexity index is 1420. The summed E-state index contributed by atoms with van der Waals surface area (Å²) in [5.74, 6) is -1.14. The Kier molecular flexibility index (Phi) is 46.7. The Morgan fingerprint density at radius 2 is 0.667 bits per heavy atom. The predicted molar refractivity (Wildman–Crippen MR) is 269 cm³/mol. The number of ether oxygens (including phenoxy) is 3. The van der Waals surface area contributed by atoms with Gasteiger partial charge in [-0.3, -0.25) is 14.4 Å². The van der Waals surface area contributed by atoms with Crippen LogP contribution < -0.4 is 0 Å². The van der Waals surface area contributed by atoms with E-state index in [9.17, 15) is 14.4 Å². The summed E-state index contributed by atoms with van der Waals surface area (Å²) >= 11 is 0. The monoisotopic (exact) mass is 869 g/mol. The summed E-state index contributed by atoms with van der Waals surface area (Å²) in [4.78, 5) is 37.8. The molecule has 0 radical (unpaired) electrons. The average Bonchev–Trinajstić information content (AvgIpc) is 3.28. The molecule has 0 aromatic heterocycles. The fourth-order valence-electron chi connectivity index (χ4n) is 5.99. The molecule has 1 atom stereocenters. The van der Waals surface area contributed by atoms with Gasteiger partial charge in [0.2, 0.25) is 0 Å². The van der Waals surface area contributed by atoms with Crippen LogP contribution in [0.25, 0.3) is 0 Å². The number of hydrogen-bond acceptors (Lipinski definition) is 6. The highest BCUT2D eigenvalue weighted by Crippen LogP contribution is 2.10. The molecule has 0 aliphatic heterocycles. The van der Waals surface area contributed by atoms with E-state index in [2.05, 4.69) is 142 Å². The molecule has 0 saturated heterocycles. The number of hydrogen-bond donors (Lipinski definition) is 0. The summed E-state index contributed by atoms with van der Waals surface area (Å²) in [5.41, 5.74) is 0. The van der Waals surface area contributed by atoms with Crippen LogP contribution in [0.1, 0.15) is 188 Å². The van der Waals surface area contributed by atoms with E-state index >= 15 is 0 Å². The molecular formula is C57H88O6. The first kappa shape index (κ1) is 58.6. The van der Waals surface area contributed by atoms with Gasteiger partial charge in [0.1, 0.15) is 13.2 Å². The van der Waals surface area contributed by atoms with Gasteiger partial charge in [-0.05, 0) is 116 Å². The second kappa shape index (κ2) is 50.2. The molecule has 352 valence electrons. The maximum atomic E-state index is 12.7. The molecule has 0 aliphatic rings. The van der Waals surface area contributed by atoms with Crippen LogP contribution in [-0.4, -0.2) is 37.2 Å². The van der Waals surface area contributed by atoms with Crippen LogP contribution >= 0.6 is 0 Å². The van der Waals surface area contributed by atoms with E-state index in [4.69, 9.17) is 14.2 Å². The van der Waals surface area contributed by atoms with E-state index in [-0.39, 0.29) is 44.4 Å². The van der Waals surface area contributed by atoms with Crippen LogP contribution in [0.5, 0.6) is 0 Å². The molecule has 0 N–H and O–H groups in total. The van der Waals surface area contributed by atoms with Gasteiger partial charge in [-0.25, -0.2) is 0 Å². The maximum Gasteiger partial charge on any atom is 0.306 e. The molecule has 0 rings (SSSR count). The van der Waals surface area contributed by atoms with E-state index in [1.807, 2.05) is 12.2 Å². The van der Waals surface area contributed by atoms with Crippen molar-refractivity contribution < 1.29 is 28.6 Å². The zero-order valence-corrected chi connectivity index (χ0v) is 40.0. The lowest BCUT2D eigenvalue weighted by atomic mass is 10.1. The molecule has 0 fully saturated rings. The van der Waals surface area contributed by atoms with Crippen molar-refractivity contribution in [1.82, 2.24) is 0 Å². The Morgan fingerprint density at radius 1 is 0.333 bits per heavy atom. The van der Waals surface area contributed by atoms with Crippen molar-refractivity contribution in [1.29, 1.82) is 0 Å². The molecule has 0 amide bonds. The minimum absolute atomic E-state index is 0.148. The number of esters is 3. The first-order valence-electron chi connectivity index (χ1n) is 24.7. The molecule has 0 aliphatic carbocycles. The SMILES string of the molecule is CC/C=C\C/C=C\C/C=C\C/C=C\C/C=C\CCC(=O)OC(COC(=O)CCC/C=C\C/C=C\C/C=C\CCCCCCCC)COC(=O)CCCC/C=C\C/C=C\C/C=C\CC. The van der Waals surface area contributed by atoms with Gasteiger partial charge < -0.3 is 14.2 Å². The number of carbonyl (C=O) groups is 3. The first-order valence-corrected chi connectivity index (χ1v) is 24.7. The lowest BCUT2D eigenvalue weighted by molar-refractivity contribution is -0.166. The van der Waals surface area contributed by atoms with Gasteiger partial charge in [-0.1, -0.05) is 187 Å². The summed E-state index contributed by atoms with van der Waals surface area (Å²) in [6, 6.07) is 0. The largest absolute Gasteiger partial charge is 0.462 e. The molecular weight excluding hydrogens is 781 g/mol. The second-order valence-corrected chi connectivity index (χ2v) is 15.6. The minimum atomic E-state index is -0.857. The lowest BCUT2D eigenvalue weighted by Crippen LogP contribution is -2.30. The highest BCUT2D eigenvalue weighted by molar-refractivity contribution is 5.71. The average molecular weight is 869 g/mol. The van der Waals surface area contributed by atoms with Crippen molar-refractivity contribution in [3.8, 4) is 0 Å². The highest BCUT2D eigenvalue weighted by atomic mass is 16.6. The van der Waals surface area contributed by atoms with Crippen molar-refractivity contribution in [2.75, 3.05) is 13.2 Å². The van der Waals surface area contributed by atoms with Gasteiger partial charge in [0.05, 0.1) is 0 Å². The fraction of sp³-hybridized carbons (Fsp3) is 0.561. The molecule has 0 heterocycles. The Balaban J connectivity index is 4.64.